The molecule has 1 amide bonds. The number of aliphatic hydroxyl groups excluding tert-OH is 1. The average molecular weight is 275 g/mol. The number of benzene rings is 1. The van der Waals surface area contributed by atoms with Gasteiger partial charge in [-0.2, -0.15) is 0 Å². The molecule has 1 N–H and O–H groups in total. The van der Waals surface area contributed by atoms with Crippen LogP contribution in [0.5, 0.6) is 0 Å². The molecule has 0 radical (unpaired) electrons. The summed E-state index contributed by atoms with van der Waals surface area (Å²) in [4.78, 5) is 14.6. The number of carbonyl (C=O) groups excluding carboxylic acids is 1. The molecule has 3 unspecified atom stereocenters. The van der Waals surface area contributed by atoms with Crippen molar-refractivity contribution in [2.24, 2.45) is 5.92 Å². The molecule has 4 nitrogen and oxygen atoms in total. The largest absolute Gasteiger partial charge is 0.388 e. The third-order valence-electron chi connectivity index (χ3n) is 4.41. The molecule has 0 bridgehead atoms. The van der Waals surface area contributed by atoms with E-state index in [9.17, 15) is 9.90 Å². The summed E-state index contributed by atoms with van der Waals surface area (Å²) >= 11 is 0. The smallest absolute Gasteiger partial charge is 0.232 e. The number of aliphatic hydroxyl groups is 1. The monoisotopic (exact) mass is 275 g/mol. The average Bonchev–Trinajstić information content (AvgIpc) is 2.81. The van der Waals surface area contributed by atoms with E-state index in [1.807, 2.05) is 36.1 Å². The number of ether oxygens (including phenoxy) is 1. The van der Waals surface area contributed by atoms with E-state index < -0.39 is 6.10 Å². The summed E-state index contributed by atoms with van der Waals surface area (Å²) < 4.78 is 5.52. The first-order chi connectivity index (χ1) is 9.68. The number of hydrogen-bond acceptors (Lipinski definition) is 3. The Hall–Kier alpha value is -1.39. The Labute approximate surface area is 119 Å². The first-order valence-corrected chi connectivity index (χ1v) is 7.38. The molecule has 2 heterocycles. The van der Waals surface area contributed by atoms with Crippen molar-refractivity contribution < 1.29 is 14.6 Å². The summed E-state index contributed by atoms with van der Waals surface area (Å²) in [7, 11) is 0. The van der Waals surface area contributed by atoms with Crippen LogP contribution in [0, 0.1) is 5.92 Å². The molecule has 1 aromatic rings. The van der Waals surface area contributed by atoms with Crippen LogP contribution in [0.4, 0.5) is 5.69 Å². The lowest BCUT2D eigenvalue weighted by Crippen LogP contribution is -2.39. The molecule has 2 aliphatic rings. The van der Waals surface area contributed by atoms with Crippen molar-refractivity contribution in [1.82, 2.24) is 0 Å². The number of anilines is 1. The lowest BCUT2D eigenvalue weighted by atomic mass is 10.00. The molecule has 3 rings (SSSR count). The van der Waals surface area contributed by atoms with Crippen molar-refractivity contribution in [1.29, 1.82) is 0 Å². The maximum atomic E-state index is 12.8. The first-order valence-electron chi connectivity index (χ1n) is 7.38. The second-order valence-electron chi connectivity index (χ2n) is 5.68. The molecule has 3 atom stereocenters. The molecule has 0 aromatic heterocycles. The van der Waals surface area contributed by atoms with Gasteiger partial charge in [-0.3, -0.25) is 4.79 Å². The van der Waals surface area contributed by atoms with Gasteiger partial charge < -0.3 is 14.7 Å². The van der Waals surface area contributed by atoms with Gasteiger partial charge >= 0.3 is 0 Å². The van der Waals surface area contributed by atoms with Crippen LogP contribution >= 0.6 is 0 Å². The summed E-state index contributed by atoms with van der Waals surface area (Å²) in [6.07, 6.45) is 1.84. The van der Waals surface area contributed by atoms with E-state index in [-0.39, 0.29) is 17.9 Å². The Morgan fingerprint density at radius 1 is 1.35 bits per heavy atom. The maximum absolute atomic E-state index is 12.8. The highest BCUT2D eigenvalue weighted by molar-refractivity contribution is 5.96. The van der Waals surface area contributed by atoms with Crippen LogP contribution in [0.2, 0.25) is 0 Å². The van der Waals surface area contributed by atoms with Crippen LogP contribution in [-0.4, -0.2) is 30.3 Å². The molecule has 20 heavy (non-hydrogen) atoms. The number of nitrogens with zero attached hydrogens (tertiary/aromatic N) is 1. The minimum atomic E-state index is -0.471. The first kappa shape index (κ1) is 13.6. The van der Waals surface area contributed by atoms with Gasteiger partial charge in [0, 0.05) is 24.4 Å². The fraction of sp³-hybridized carbons (Fsp3) is 0.562. The van der Waals surface area contributed by atoms with Gasteiger partial charge in [0.15, 0.2) is 0 Å². The van der Waals surface area contributed by atoms with Crippen LogP contribution in [0.1, 0.15) is 37.9 Å². The molecule has 1 saturated heterocycles. The Morgan fingerprint density at radius 2 is 2.15 bits per heavy atom. The van der Waals surface area contributed by atoms with Crippen molar-refractivity contribution >= 4 is 11.6 Å². The van der Waals surface area contributed by atoms with Gasteiger partial charge in [0.05, 0.1) is 18.1 Å². The summed E-state index contributed by atoms with van der Waals surface area (Å²) in [5, 5.41) is 10.2. The summed E-state index contributed by atoms with van der Waals surface area (Å²) in [6, 6.07) is 7.69. The third-order valence-corrected chi connectivity index (χ3v) is 4.41. The second kappa shape index (κ2) is 5.54. The number of rotatable bonds is 1. The van der Waals surface area contributed by atoms with Crippen LogP contribution in [0.25, 0.3) is 0 Å². The third kappa shape index (κ3) is 2.34. The van der Waals surface area contributed by atoms with Gasteiger partial charge in [-0.05, 0) is 32.3 Å². The van der Waals surface area contributed by atoms with Crippen molar-refractivity contribution in [3.63, 3.8) is 0 Å². The van der Waals surface area contributed by atoms with Crippen LogP contribution < -0.4 is 4.90 Å². The number of amides is 1. The molecule has 2 aliphatic heterocycles. The second-order valence-corrected chi connectivity index (χ2v) is 5.68. The molecular weight excluding hydrogens is 254 g/mol. The highest BCUT2D eigenvalue weighted by Crippen LogP contribution is 2.35. The quantitative estimate of drug-likeness (QED) is 0.855. The number of fused-ring (bicyclic) bond motifs is 1. The standard InChI is InChI=1S/C16H21NO3/c1-11-12(8-10-20-11)16(19)17-9-4-7-15(18)13-5-2-3-6-14(13)17/h2-3,5-6,11-12,15,18H,4,7-10H2,1H3. The topological polar surface area (TPSA) is 49.8 Å². The van der Waals surface area contributed by atoms with E-state index in [4.69, 9.17) is 4.74 Å². The highest BCUT2D eigenvalue weighted by Gasteiger charge is 2.36. The van der Waals surface area contributed by atoms with Crippen molar-refractivity contribution in [2.45, 2.75) is 38.4 Å². The van der Waals surface area contributed by atoms with Crippen molar-refractivity contribution in [3.8, 4) is 0 Å². The molecule has 0 spiro atoms. The fourth-order valence-electron chi connectivity index (χ4n) is 3.22. The molecule has 108 valence electrons. The maximum Gasteiger partial charge on any atom is 0.232 e. The van der Waals surface area contributed by atoms with Crippen LogP contribution in [0.15, 0.2) is 24.3 Å². The van der Waals surface area contributed by atoms with Crippen molar-refractivity contribution in [3.05, 3.63) is 29.8 Å². The van der Waals surface area contributed by atoms with Crippen molar-refractivity contribution in [2.75, 3.05) is 18.1 Å². The normalized spacial score (nSPS) is 29.9. The minimum Gasteiger partial charge on any atom is -0.388 e. The Balaban J connectivity index is 1.93. The van der Waals surface area contributed by atoms with Gasteiger partial charge in [0.2, 0.25) is 5.91 Å². The van der Waals surface area contributed by atoms with Gasteiger partial charge in [-0.15, -0.1) is 0 Å². The number of para-hydroxylation sites is 1. The molecule has 1 aromatic carbocycles. The fourth-order valence-corrected chi connectivity index (χ4v) is 3.22. The summed E-state index contributed by atoms with van der Waals surface area (Å²) in [5.74, 6) is 0.0786. The lowest BCUT2D eigenvalue weighted by Gasteiger charge is -2.27. The predicted octanol–water partition coefficient (Wildman–Crippen LogP) is 2.27. The van der Waals surface area contributed by atoms with E-state index in [0.29, 0.717) is 19.6 Å². The van der Waals surface area contributed by atoms with Gasteiger partial charge in [0.1, 0.15) is 0 Å². The lowest BCUT2D eigenvalue weighted by molar-refractivity contribution is -0.123. The zero-order valence-corrected chi connectivity index (χ0v) is 11.8. The number of carbonyl (C=O) groups is 1. The van der Waals surface area contributed by atoms with Gasteiger partial charge in [-0.1, -0.05) is 18.2 Å². The minimum absolute atomic E-state index is 0.0113. The van der Waals surface area contributed by atoms with E-state index in [2.05, 4.69) is 0 Å². The Bertz CT molecular complexity index is 502. The Kier molecular flexibility index (Phi) is 3.76. The van der Waals surface area contributed by atoms with E-state index in [1.165, 1.54) is 0 Å². The number of hydrogen-bond donors (Lipinski definition) is 1. The molecule has 0 saturated carbocycles. The van der Waals surface area contributed by atoms with Gasteiger partial charge in [-0.25, -0.2) is 0 Å². The van der Waals surface area contributed by atoms with E-state index in [1.54, 1.807) is 0 Å². The zero-order chi connectivity index (χ0) is 14.1. The zero-order valence-electron chi connectivity index (χ0n) is 11.8. The molecule has 1 fully saturated rings. The molecular formula is C16H21NO3. The summed E-state index contributed by atoms with van der Waals surface area (Å²) in [5.41, 5.74) is 1.73. The Morgan fingerprint density at radius 3 is 2.90 bits per heavy atom. The van der Waals surface area contributed by atoms with Crippen LogP contribution in [-0.2, 0) is 9.53 Å². The highest BCUT2D eigenvalue weighted by atomic mass is 16.5. The van der Waals surface area contributed by atoms with E-state index in [0.717, 1.165) is 24.1 Å². The SMILES string of the molecule is CC1OCCC1C(=O)N1CCCC(O)c2ccccc21. The molecule has 4 heteroatoms. The molecule has 0 aliphatic carbocycles. The van der Waals surface area contributed by atoms with Gasteiger partial charge in [0.25, 0.3) is 0 Å². The summed E-state index contributed by atoms with van der Waals surface area (Å²) in [6.45, 7) is 3.31. The predicted molar refractivity (Wildman–Crippen MR) is 76.5 cm³/mol. The van der Waals surface area contributed by atoms with Crippen LogP contribution in [0.3, 0.4) is 0 Å². The van der Waals surface area contributed by atoms with E-state index >= 15 is 0 Å².